The van der Waals surface area contributed by atoms with Gasteiger partial charge in [0.05, 0.1) is 31.2 Å². The van der Waals surface area contributed by atoms with Crippen LogP contribution in [0.15, 0.2) is 103 Å². The average Bonchev–Trinajstić information content (AvgIpc) is 2.99. The maximum Gasteiger partial charge on any atom is 0.337 e. The first-order valence-corrected chi connectivity index (χ1v) is 12.7. The number of hydrogen-bond donors (Lipinski definition) is 1. The van der Waals surface area contributed by atoms with Crippen LogP contribution >= 0.6 is 0 Å². The van der Waals surface area contributed by atoms with Crippen molar-refractivity contribution in [3.8, 4) is 16.9 Å². The summed E-state index contributed by atoms with van der Waals surface area (Å²) in [6.07, 6.45) is 2.08. The number of carbonyl (C=O) groups excluding carboxylic acids is 2. The van der Waals surface area contributed by atoms with E-state index in [1.54, 1.807) is 43.6 Å². The second kappa shape index (κ2) is 11.8. The van der Waals surface area contributed by atoms with E-state index < -0.39 is 11.9 Å². The Morgan fingerprint density at radius 1 is 0.900 bits per heavy atom. The summed E-state index contributed by atoms with van der Waals surface area (Å²) >= 11 is 0. The molecule has 0 saturated heterocycles. The van der Waals surface area contributed by atoms with Gasteiger partial charge in [0.15, 0.2) is 0 Å². The van der Waals surface area contributed by atoms with Gasteiger partial charge in [-0.05, 0) is 77.2 Å². The standard InChI is InChI=1S/C33H27FN2O4/c1-39-31-9-4-3-6-23(31)19-28(32(37)36-26-8-5-7-24(18-26)33(38)40-2)22-12-10-21(11-13-22)27-16-17-35-30-15-14-25(34)20-29(27)30/h3-18,20,28H,19H2,1-2H3,(H,36,37). The maximum absolute atomic E-state index is 14.0. The van der Waals surface area contributed by atoms with Gasteiger partial charge in [-0.15, -0.1) is 0 Å². The fourth-order valence-electron chi connectivity index (χ4n) is 4.79. The number of pyridine rings is 1. The number of hydrogen-bond acceptors (Lipinski definition) is 5. The lowest BCUT2D eigenvalue weighted by molar-refractivity contribution is -0.117. The molecule has 0 saturated carbocycles. The number of benzene rings is 4. The molecule has 1 aromatic heterocycles. The summed E-state index contributed by atoms with van der Waals surface area (Å²) in [5.41, 5.74) is 4.93. The zero-order valence-corrected chi connectivity index (χ0v) is 22.1. The number of ether oxygens (including phenoxy) is 2. The molecule has 0 aliphatic heterocycles. The number of carbonyl (C=O) groups is 2. The molecule has 1 N–H and O–H groups in total. The summed E-state index contributed by atoms with van der Waals surface area (Å²) in [7, 11) is 2.91. The molecule has 0 fully saturated rings. The smallest absolute Gasteiger partial charge is 0.337 e. The number of para-hydroxylation sites is 1. The monoisotopic (exact) mass is 534 g/mol. The lowest BCUT2D eigenvalue weighted by atomic mass is 9.89. The number of fused-ring (bicyclic) bond motifs is 1. The highest BCUT2D eigenvalue weighted by Crippen LogP contribution is 2.32. The van der Waals surface area contributed by atoms with Gasteiger partial charge in [0.2, 0.25) is 5.91 Å². The molecule has 0 aliphatic rings. The molecule has 1 amide bonds. The molecular formula is C33H27FN2O4. The predicted octanol–water partition coefficient (Wildman–Crippen LogP) is 6.80. The minimum absolute atomic E-state index is 0.239. The molecule has 1 heterocycles. The highest BCUT2D eigenvalue weighted by atomic mass is 19.1. The van der Waals surface area contributed by atoms with Gasteiger partial charge in [-0.1, -0.05) is 48.5 Å². The van der Waals surface area contributed by atoms with Gasteiger partial charge in [-0.25, -0.2) is 9.18 Å². The van der Waals surface area contributed by atoms with Gasteiger partial charge in [0.25, 0.3) is 0 Å². The van der Waals surface area contributed by atoms with E-state index in [-0.39, 0.29) is 11.7 Å². The first kappa shape index (κ1) is 26.6. The number of anilines is 1. The molecule has 0 spiro atoms. The van der Waals surface area contributed by atoms with Gasteiger partial charge in [0.1, 0.15) is 11.6 Å². The minimum Gasteiger partial charge on any atom is -0.496 e. The molecular weight excluding hydrogens is 507 g/mol. The predicted molar refractivity (Wildman–Crippen MR) is 153 cm³/mol. The first-order valence-electron chi connectivity index (χ1n) is 12.7. The zero-order chi connectivity index (χ0) is 28.1. The van der Waals surface area contributed by atoms with E-state index in [0.717, 1.165) is 22.3 Å². The zero-order valence-electron chi connectivity index (χ0n) is 22.1. The van der Waals surface area contributed by atoms with Crippen LogP contribution in [0, 0.1) is 5.82 Å². The van der Waals surface area contributed by atoms with Crippen molar-refractivity contribution in [3.63, 3.8) is 0 Å². The fraction of sp³-hybridized carbons (Fsp3) is 0.121. The molecule has 6 nitrogen and oxygen atoms in total. The normalized spacial score (nSPS) is 11.6. The fourth-order valence-corrected chi connectivity index (χ4v) is 4.79. The summed E-state index contributed by atoms with van der Waals surface area (Å²) in [6.45, 7) is 0. The van der Waals surface area contributed by atoms with Crippen LogP contribution in [0.5, 0.6) is 5.75 Å². The van der Waals surface area contributed by atoms with E-state index in [0.29, 0.717) is 34.3 Å². The topological polar surface area (TPSA) is 77.5 Å². The Hall–Kier alpha value is -5.04. The van der Waals surface area contributed by atoms with Gasteiger partial charge < -0.3 is 14.8 Å². The molecule has 1 atom stereocenters. The number of methoxy groups -OCH3 is 2. The Morgan fingerprint density at radius 3 is 2.48 bits per heavy atom. The van der Waals surface area contributed by atoms with Crippen molar-refractivity contribution in [1.82, 2.24) is 4.98 Å². The van der Waals surface area contributed by atoms with Crippen molar-refractivity contribution in [2.45, 2.75) is 12.3 Å². The van der Waals surface area contributed by atoms with Gasteiger partial charge >= 0.3 is 5.97 Å². The Morgan fingerprint density at radius 2 is 1.70 bits per heavy atom. The molecule has 4 aromatic carbocycles. The number of rotatable bonds is 8. The molecule has 5 aromatic rings. The van der Waals surface area contributed by atoms with Crippen molar-refractivity contribution in [1.29, 1.82) is 0 Å². The van der Waals surface area contributed by atoms with E-state index in [1.165, 1.54) is 19.2 Å². The van der Waals surface area contributed by atoms with Crippen LogP contribution < -0.4 is 10.1 Å². The number of halogens is 1. The van der Waals surface area contributed by atoms with Crippen LogP contribution in [-0.2, 0) is 16.0 Å². The molecule has 1 unspecified atom stereocenters. The lowest BCUT2D eigenvalue weighted by Gasteiger charge is -2.20. The molecule has 40 heavy (non-hydrogen) atoms. The number of nitrogens with one attached hydrogen (secondary N) is 1. The number of esters is 1. The third-order valence-corrected chi connectivity index (χ3v) is 6.81. The minimum atomic E-state index is -0.571. The van der Waals surface area contributed by atoms with Crippen molar-refractivity contribution in [2.24, 2.45) is 0 Å². The number of aromatic nitrogens is 1. The van der Waals surface area contributed by atoms with Crippen LogP contribution in [0.1, 0.15) is 27.4 Å². The summed E-state index contributed by atoms with van der Waals surface area (Å²) in [6, 6.07) is 28.3. The quantitative estimate of drug-likeness (QED) is 0.222. The van der Waals surface area contributed by atoms with E-state index in [9.17, 15) is 14.0 Å². The Kier molecular flexibility index (Phi) is 7.82. The van der Waals surface area contributed by atoms with Crippen LogP contribution in [0.4, 0.5) is 10.1 Å². The highest BCUT2D eigenvalue weighted by molar-refractivity contribution is 5.98. The van der Waals surface area contributed by atoms with E-state index in [1.807, 2.05) is 54.6 Å². The lowest BCUT2D eigenvalue weighted by Crippen LogP contribution is -2.23. The van der Waals surface area contributed by atoms with Crippen molar-refractivity contribution in [2.75, 3.05) is 19.5 Å². The Bertz CT molecular complexity index is 1680. The van der Waals surface area contributed by atoms with E-state index >= 15 is 0 Å². The Labute approximate surface area is 231 Å². The average molecular weight is 535 g/mol. The first-order chi connectivity index (χ1) is 19.5. The van der Waals surface area contributed by atoms with Gasteiger partial charge in [-0.3, -0.25) is 9.78 Å². The second-order valence-electron chi connectivity index (χ2n) is 9.27. The Balaban J connectivity index is 1.49. The third kappa shape index (κ3) is 5.68. The summed E-state index contributed by atoms with van der Waals surface area (Å²) in [5, 5.41) is 3.67. The molecule has 0 bridgehead atoms. The molecule has 7 heteroatoms. The SMILES string of the molecule is COC(=O)c1cccc(NC(=O)C(Cc2ccccc2OC)c2ccc(-c3ccnc4ccc(F)cc34)cc2)c1. The van der Waals surface area contributed by atoms with E-state index in [2.05, 4.69) is 10.3 Å². The summed E-state index contributed by atoms with van der Waals surface area (Å²) in [4.78, 5) is 30.1. The molecule has 5 rings (SSSR count). The summed E-state index contributed by atoms with van der Waals surface area (Å²) < 4.78 is 24.4. The van der Waals surface area contributed by atoms with Crippen molar-refractivity contribution >= 4 is 28.5 Å². The maximum atomic E-state index is 14.0. The molecule has 0 radical (unpaired) electrons. The van der Waals surface area contributed by atoms with Crippen LogP contribution in [0.2, 0.25) is 0 Å². The number of amides is 1. The van der Waals surface area contributed by atoms with Crippen LogP contribution in [0.3, 0.4) is 0 Å². The third-order valence-electron chi connectivity index (χ3n) is 6.81. The highest BCUT2D eigenvalue weighted by Gasteiger charge is 2.23. The van der Waals surface area contributed by atoms with Gasteiger partial charge in [-0.2, -0.15) is 0 Å². The van der Waals surface area contributed by atoms with Crippen LogP contribution in [-0.4, -0.2) is 31.1 Å². The summed E-state index contributed by atoms with van der Waals surface area (Å²) in [5.74, 6) is -0.935. The van der Waals surface area contributed by atoms with Crippen LogP contribution in [0.25, 0.3) is 22.0 Å². The second-order valence-corrected chi connectivity index (χ2v) is 9.27. The molecule has 200 valence electrons. The van der Waals surface area contributed by atoms with Gasteiger partial charge in [0, 0.05) is 17.3 Å². The number of nitrogens with zero attached hydrogens (tertiary/aromatic N) is 1. The molecule has 0 aliphatic carbocycles. The van der Waals surface area contributed by atoms with Crippen molar-refractivity contribution in [3.05, 3.63) is 126 Å². The van der Waals surface area contributed by atoms with E-state index in [4.69, 9.17) is 9.47 Å². The van der Waals surface area contributed by atoms with Crippen molar-refractivity contribution < 1.29 is 23.5 Å². The largest absolute Gasteiger partial charge is 0.496 e.